The molecule has 0 radical (unpaired) electrons. The average molecular weight is 369 g/mol. The topological polar surface area (TPSA) is 69.2 Å². The number of hydrogen-bond donors (Lipinski definition) is 1. The monoisotopic (exact) mass is 368 g/mol. The van der Waals surface area contributed by atoms with Crippen LogP contribution in [0.2, 0.25) is 5.02 Å². The first kappa shape index (κ1) is 16.6. The molecule has 1 unspecified atom stereocenters. The smallest absolute Gasteiger partial charge is 0.243 e. The minimum Gasteiger partial charge on any atom is -0.486 e. The zero-order chi connectivity index (χ0) is 17.8. The third-order valence-electron chi connectivity index (χ3n) is 4.00. The second-order valence-electron chi connectivity index (χ2n) is 5.89. The summed E-state index contributed by atoms with van der Waals surface area (Å²) in [5.41, 5.74) is 1.62. The predicted molar refractivity (Wildman–Crippen MR) is 99.7 cm³/mol. The number of para-hydroxylation sites is 2. The minimum absolute atomic E-state index is 0.0125. The molecule has 6 nitrogen and oxygen atoms in total. The molecule has 1 aliphatic heterocycles. The Morgan fingerprint density at radius 1 is 1.12 bits per heavy atom. The zero-order valence-electron chi connectivity index (χ0n) is 13.9. The maximum absolute atomic E-state index is 6.03. The number of hydrogen-bond acceptors (Lipinski definition) is 6. The highest BCUT2D eigenvalue weighted by Gasteiger charge is 2.20. The van der Waals surface area contributed by atoms with E-state index in [0.717, 1.165) is 29.2 Å². The van der Waals surface area contributed by atoms with Gasteiger partial charge < -0.3 is 14.8 Å². The molecule has 3 aromatic rings. The average Bonchev–Trinajstić information content (AvgIpc) is 2.68. The van der Waals surface area contributed by atoms with E-state index in [2.05, 4.69) is 20.5 Å². The molecule has 26 heavy (non-hydrogen) atoms. The summed E-state index contributed by atoms with van der Waals surface area (Å²) in [5.74, 6) is 2.04. The van der Waals surface area contributed by atoms with Crippen LogP contribution in [0.15, 0.2) is 54.7 Å². The standard InChI is InChI=1S/C19H17ClN4O2/c20-14-5-3-4-13(10-14)16-11-22-24-19(23-16)21-9-8-15-12-25-17-6-1-2-7-18(17)26-15/h1-7,10-11,15H,8-9,12H2,(H,21,23,24). The summed E-state index contributed by atoms with van der Waals surface area (Å²) in [4.78, 5) is 4.49. The van der Waals surface area contributed by atoms with Gasteiger partial charge in [-0.15, -0.1) is 5.10 Å². The van der Waals surface area contributed by atoms with Crippen LogP contribution >= 0.6 is 11.6 Å². The fourth-order valence-electron chi connectivity index (χ4n) is 2.72. The van der Waals surface area contributed by atoms with E-state index in [1.165, 1.54) is 0 Å². The molecule has 2 aromatic carbocycles. The fraction of sp³-hybridized carbons (Fsp3) is 0.211. The van der Waals surface area contributed by atoms with Crippen LogP contribution in [0.4, 0.5) is 5.95 Å². The second-order valence-corrected chi connectivity index (χ2v) is 6.33. The van der Waals surface area contributed by atoms with Gasteiger partial charge in [-0.3, -0.25) is 0 Å². The molecule has 1 atom stereocenters. The van der Waals surface area contributed by atoms with E-state index in [0.29, 0.717) is 24.1 Å². The lowest BCUT2D eigenvalue weighted by atomic mass is 10.2. The van der Waals surface area contributed by atoms with Gasteiger partial charge in [-0.05, 0) is 24.3 Å². The molecular weight excluding hydrogens is 352 g/mol. The quantitative estimate of drug-likeness (QED) is 0.738. The SMILES string of the molecule is Clc1cccc(-c2cnnc(NCCC3COc4ccccc4O3)n2)c1. The molecule has 0 bridgehead atoms. The van der Waals surface area contributed by atoms with Crippen molar-refractivity contribution in [1.82, 2.24) is 15.2 Å². The Kier molecular flexibility index (Phi) is 4.84. The number of aromatic nitrogens is 3. The maximum atomic E-state index is 6.03. The summed E-state index contributed by atoms with van der Waals surface area (Å²) >= 11 is 6.03. The van der Waals surface area contributed by atoms with Crippen LogP contribution < -0.4 is 14.8 Å². The molecule has 2 heterocycles. The molecule has 1 aromatic heterocycles. The van der Waals surface area contributed by atoms with Crippen molar-refractivity contribution in [3.63, 3.8) is 0 Å². The van der Waals surface area contributed by atoms with E-state index in [1.807, 2.05) is 48.5 Å². The van der Waals surface area contributed by atoms with Crippen LogP contribution in [0, 0.1) is 0 Å². The summed E-state index contributed by atoms with van der Waals surface area (Å²) in [7, 11) is 0. The molecule has 4 rings (SSSR count). The van der Waals surface area contributed by atoms with Crippen molar-refractivity contribution in [3.8, 4) is 22.8 Å². The normalized spacial score (nSPS) is 15.5. The van der Waals surface area contributed by atoms with Crippen LogP contribution in [0.25, 0.3) is 11.3 Å². The Balaban J connectivity index is 1.35. The van der Waals surface area contributed by atoms with Gasteiger partial charge in [0.25, 0.3) is 0 Å². The number of nitrogens with one attached hydrogen (secondary N) is 1. The van der Waals surface area contributed by atoms with Crippen molar-refractivity contribution < 1.29 is 9.47 Å². The third kappa shape index (κ3) is 3.86. The Hall–Kier alpha value is -2.86. The lowest BCUT2D eigenvalue weighted by molar-refractivity contribution is 0.0873. The van der Waals surface area contributed by atoms with E-state index in [9.17, 15) is 0 Å². The molecule has 7 heteroatoms. The molecule has 0 saturated carbocycles. The molecule has 0 aliphatic carbocycles. The molecular formula is C19H17ClN4O2. The van der Waals surface area contributed by atoms with Crippen LogP contribution in [0.1, 0.15) is 6.42 Å². The van der Waals surface area contributed by atoms with E-state index in [-0.39, 0.29) is 6.10 Å². The molecule has 0 spiro atoms. The molecule has 132 valence electrons. The Morgan fingerprint density at radius 3 is 2.88 bits per heavy atom. The first-order chi connectivity index (χ1) is 12.8. The van der Waals surface area contributed by atoms with Crippen molar-refractivity contribution >= 4 is 17.5 Å². The van der Waals surface area contributed by atoms with Crippen LogP contribution in [0.5, 0.6) is 11.5 Å². The van der Waals surface area contributed by atoms with Gasteiger partial charge in [-0.2, -0.15) is 5.10 Å². The summed E-state index contributed by atoms with van der Waals surface area (Å²) in [6.07, 6.45) is 2.37. The maximum Gasteiger partial charge on any atom is 0.243 e. The number of halogens is 1. The number of anilines is 1. The van der Waals surface area contributed by atoms with E-state index in [1.54, 1.807) is 6.20 Å². The largest absolute Gasteiger partial charge is 0.486 e. The third-order valence-corrected chi connectivity index (χ3v) is 4.23. The summed E-state index contributed by atoms with van der Waals surface area (Å²) < 4.78 is 11.7. The molecule has 1 aliphatic rings. The van der Waals surface area contributed by atoms with Crippen LogP contribution in [-0.4, -0.2) is 34.4 Å². The van der Waals surface area contributed by atoms with Gasteiger partial charge in [0.05, 0.1) is 11.9 Å². The van der Waals surface area contributed by atoms with Crippen molar-refractivity contribution in [2.24, 2.45) is 0 Å². The lowest BCUT2D eigenvalue weighted by Gasteiger charge is -2.26. The van der Waals surface area contributed by atoms with Crippen LogP contribution in [-0.2, 0) is 0 Å². The first-order valence-corrected chi connectivity index (χ1v) is 8.74. The number of fused-ring (bicyclic) bond motifs is 1. The Morgan fingerprint density at radius 2 is 2.00 bits per heavy atom. The van der Waals surface area contributed by atoms with Gasteiger partial charge >= 0.3 is 0 Å². The Bertz CT molecular complexity index is 906. The van der Waals surface area contributed by atoms with Gasteiger partial charge in [0, 0.05) is 23.6 Å². The zero-order valence-corrected chi connectivity index (χ0v) is 14.7. The van der Waals surface area contributed by atoms with Gasteiger partial charge in [0.15, 0.2) is 11.5 Å². The van der Waals surface area contributed by atoms with E-state index < -0.39 is 0 Å². The second kappa shape index (κ2) is 7.58. The van der Waals surface area contributed by atoms with Gasteiger partial charge in [-0.25, -0.2) is 4.98 Å². The molecule has 0 saturated heterocycles. The lowest BCUT2D eigenvalue weighted by Crippen LogP contribution is -2.31. The molecule has 0 amide bonds. The molecule has 0 fully saturated rings. The number of ether oxygens (including phenoxy) is 2. The highest BCUT2D eigenvalue weighted by Crippen LogP contribution is 2.31. The van der Waals surface area contributed by atoms with Gasteiger partial charge in [0.1, 0.15) is 12.7 Å². The van der Waals surface area contributed by atoms with E-state index in [4.69, 9.17) is 21.1 Å². The highest BCUT2D eigenvalue weighted by atomic mass is 35.5. The van der Waals surface area contributed by atoms with Crippen molar-refractivity contribution in [1.29, 1.82) is 0 Å². The predicted octanol–water partition coefficient (Wildman–Crippen LogP) is 3.83. The number of benzene rings is 2. The number of rotatable bonds is 5. The van der Waals surface area contributed by atoms with Crippen molar-refractivity contribution in [2.45, 2.75) is 12.5 Å². The molecule has 1 N–H and O–H groups in total. The summed E-state index contributed by atoms with van der Waals surface area (Å²) in [5, 5.41) is 11.9. The Labute approximate surface area is 156 Å². The van der Waals surface area contributed by atoms with Gasteiger partial charge in [-0.1, -0.05) is 35.9 Å². The highest BCUT2D eigenvalue weighted by molar-refractivity contribution is 6.30. The minimum atomic E-state index is -0.0125. The van der Waals surface area contributed by atoms with Gasteiger partial charge in [0.2, 0.25) is 5.95 Å². The van der Waals surface area contributed by atoms with Crippen molar-refractivity contribution in [3.05, 3.63) is 59.8 Å². The summed E-state index contributed by atoms with van der Waals surface area (Å²) in [6, 6.07) is 15.2. The first-order valence-electron chi connectivity index (χ1n) is 8.36. The summed E-state index contributed by atoms with van der Waals surface area (Å²) in [6.45, 7) is 1.18. The van der Waals surface area contributed by atoms with E-state index >= 15 is 0 Å². The number of nitrogens with zero attached hydrogens (tertiary/aromatic N) is 3. The van der Waals surface area contributed by atoms with Crippen molar-refractivity contribution in [2.75, 3.05) is 18.5 Å². The van der Waals surface area contributed by atoms with Crippen LogP contribution in [0.3, 0.4) is 0 Å². The fourth-order valence-corrected chi connectivity index (χ4v) is 2.91.